The first kappa shape index (κ1) is 13.3. The molecule has 0 unspecified atom stereocenters. The Bertz CT molecular complexity index is 584. The molecule has 1 heterocycles. The summed E-state index contributed by atoms with van der Waals surface area (Å²) in [4.78, 5) is 23.2. The number of amides is 2. The zero-order chi connectivity index (χ0) is 13.8. The fourth-order valence-corrected chi connectivity index (χ4v) is 1.99. The standard InChI is InChI=1S/C14H14N2O3/c1-2-3-13(17)16(19)14(18)11-5-4-10-6-7-15-9-12(10)8-11/h4-5,8,15,19H,6-7,9H2,1H3. The van der Waals surface area contributed by atoms with Crippen LogP contribution in [0.15, 0.2) is 18.2 Å². The van der Waals surface area contributed by atoms with Crippen molar-refractivity contribution in [3.05, 3.63) is 34.9 Å². The molecular formula is C14H14N2O3. The molecule has 0 fully saturated rings. The van der Waals surface area contributed by atoms with Gasteiger partial charge >= 0.3 is 5.91 Å². The van der Waals surface area contributed by atoms with Gasteiger partial charge in [0, 0.05) is 12.1 Å². The van der Waals surface area contributed by atoms with E-state index in [1.807, 2.05) is 6.07 Å². The molecular weight excluding hydrogens is 244 g/mol. The van der Waals surface area contributed by atoms with Crippen LogP contribution >= 0.6 is 0 Å². The van der Waals surface area contributed by atoms with E-state index in [1.54, 1.807) is 12.1 Å². The zero-order valence-electron chi connectivity index (χ0n) is 10.6. The van der Waals surface area contributed by atoms with Crippen LogP contribution in [0.3, 0.4) is 0 Å². The van der Waals surface area contributed by atoms with Crippen LogP contribution in [-0.2, 0) is 17.8 Å². The Balaban J connectivity index is 2.23. The van der Waals surface area contributed by atoms with Crippen molar-refractivity contribution in [3.8, 4) is 11.8 Å². The molecule has 0 aromatic heterocycles. The van der Waals surface area contributed by atoms with Gasteiger partial charge in [-0.05, 0) is 49.1 Å². The Morgan fingerprint density at radius 1 is 1.37 bits per heavy atom. The number of fused-ring (bicyclic) bond motifs is 1. The molecule has 0 atom stereocenters. The van der Waals surface area contributed by atoms with Crippen molar-refractivity contribution in [1.29, 1.82) is 0 Å². The van der Waals surface area contributed by atoms with Crippen molar-refractivity contribution in [1.82, 2.24) is 10.4 Å². The molecule has 0 saturated heterocycles. The van der Waals surface area contributed by atoms with Crippen molar-refractivity contribution in [2.24, 2.45) is 0 Å². The molecule has 0 radical (unpaired) electrons. The number of benzene rings is 1. The van der Waals surface area contributed by atoms with E-state index in [4.69, 9.17) is 0 Å². The normalized spacial score (nSPS) is 12.9. The van der Waals surface area contributed by atoms with Gasteiger partial charge < -0.3 is 5.32 Å². The summed E-state index contributed by atoms with van der Waals surface area (Å²) >= 11 is 0. The lowest BCUT2D eigenvalue weighted by molar-refractivity contribution is -0.146. The van der Waals surface area contributed by atoms with Gasteiger partial charge in [0.15, 0.2) is 0 Å². The van der Waals surface area contributed by atoms with E-state index in [9.17, 15) is 14.8 Å². The number of nitrogens with one attached hydrogen (secondary N) is 1. The maximum absolute atomic E-state index is 11.9. The Hall–Kier alpha value is -2.16. The largest absolute Gasteiger partial charge is 0.329 e. The third kappa shape index (κ3) is 2.81. The monoisotopic (exact) mass is 258 g/mol. The lowest BCUT2D eigenvalue weighted by Crippen LogP contribution is -2.33. The fraction of sp³-hybridized carbons (Fsp3) is 0.286. The summed E-state index contributed by atoms with van der Waals surface area (Å²) in [6.45, 7) is 3.06. The van der Waals surface area contributed by atoms with Crippen molar-refractivity contribution >= 4 is 11.8 Å². The molecule has 1 aromatic carbocycles. The number of hydrogen-bond acceptors (Lipinski definition) is 4. The highest BCUT2D eigenvalue weighted by Crippen LogP contribution is 2.16. The van der Waals surface area contributed by atoms with Crippen LogP contribution in [0.4, 0.5) is 0 Å². The Labute approximate surface area is 111 Å². The third-order valence-electron chi connectivity index (χ3n) is 2.96. The number of rotatable bonds is 1. The Kier molecular flexibility index (Phi) is 3.95. The average Bonchev–Trinajstić information content (AvgIpc) is 2.45. The topological polar surface area (TPSA) is 69.6 Å². The van der Waals surface area contributed by atoms with Gasteiger partial charge in [-0.3, -0.25) is 14.8 Å². The first-order chi connectivity index (χ1) is 9.13. The van der Waals surface area contributed by atoms with Crippen LogP contribution in [0.25, 0.3) is 0 Å². The van der Waals surface area contributed by atoms with Gasteiger partial charge in [0.25, 0.3) is 5.91 Å². The predicted molar refractivity (Wildman–Crippen MR) is 68.3 cm³/mol. The van der Waals surface area contributed by atoms with Crippen LogP contribution in [0, 0.1) is 11.8 Å². The highest BCUT2D eigenvalue weighted by Gasteiger charge is 2.21. The van der Waals surface area contributed by atoms with Gasteiger partial charge in [-0.1, -0.05) is 12.0 Å². The van der Waals surface area contributed by atoms with E-state index in [1.165, 1.54) is 12.5 Å². The lowest BCUT2D eigenvalue weighted by atomic mass is 9.98. The molecule has 5 heteroatoms. The summed E-state index contributed by atoms with van der Waals surface area (Å²) in [6, 6.07) is 5.16. The van der Waals surface area contributed by atoms with Crippen LogP contribution in [0.1, 0.15) is 28.4 Å². The minimum atomic E-state index is -0.927. The minimum absolute atomic E-state index is 0.0501. The molecule has 98 valence electrons. The SMILES string of the molecule is CC#CC(=O)N(O)C(=O)c1ccc2c(c1)CNCC2. The van der Waals surface area contributed by atoms with E-state index >= 15 is 0 Å². The Morgan fingerprint density at radius 3 is 2.89 bits per heavy atom. The lowest BCUT2D eigenvalue weighted by Gasteiger charge is -2.18. The zero-order valence-corrected chi connectivity index (χ0v) is 10.6. The summed E-state index contributed by atoms with van der Waals surface area (Å²) in [7, 11) is 0. The molecule has 1 aromatic rings. The fourth-order valence-electron chi connectivity index (χ4n) is 1.99. The first-order valence-electron chi connectivity index (χ1n) is 5.96. The predicted octanol–water partition coefficient (Wildman–Crippen LogP) is 0.714. The number of hydroxylamine groups is 2. The highest BCUT2D eigenvalue weighted by molar-refractivity contribution is 6.09. The highest BCUT2D eigenvalue weighted by atomic mass is 16.5. The summed E-state index contributed by atoms with van der Waals surface area (Å²) in [5.41, 5.74) is 2.47. The van der Waals surface area contributed by atoms with Gasteiger partial charge in [-0.25, -0.2) is 0 Å². The molecule has 2 rings (SSSR count). The summed E-state index contributed by atoms with van der Waals surface area (Å²) in [6.07, 6.45) is 0.910. The van der Waals surface area contributed by atoms with Gasteiger partial charge in [-0.2, -0.15) is 0 Å². The maximum atomic E-state index is 11.9. The number of nitrogens with zero attached hydrogens (tertiary/aromatic N) is 1. The van der Waals surface area contributed by atoms with E-state index < -0.39 is 11.8 Å². The average molecular weight is 258 g/mol. The number of imide groups is 1. The molecule has 2 N–H and O–H groups in total. The molecule has 2 amide bonds. The third-order valence-corrected chi connectivity index (χ3v) is 2.96. The first-order valence-corrected chi connectivity index (χ1v) is 5.96. The second kappa shape index (κ2) is 5.65. The van der Waals surface area contributed by atoms with Crippen molar-refractivity contribution < 1.29 is 14.8 Å². The molecule has 1 aliphatic rings. The van der Waals surface area contributed by atoms with Crippen LogP contribution in [0.2, 0.25) is 0 Å². The maximum Gasteiger partial charge on any atom is 0.329 e. The van der Waals surface area contributed by atoms with E-state index in [0.29, 0.717) is 6.54 Å². The molecule has 5 nitrogen and oxygen atoms in total. The van der Waals surface area contributed by atoms with Gasteiger partial charge in [-0.15, -0.1) is 5.06 Å². The van der Waals surface area contributed by atoms with Crippen LogP contribution in [-0.4, -0.2) is 28.6 Å². The second-order valence-electron chi connectivity index (χ2n) is 4.21. The molecule has 19 heavy (non-hydrogen) atoms. The molecule has 0 bridgehead atoms. The number of carbonyl (C=O) groups excluding carboxylic acids is 2. The Morgan fingerprint density at radius 2 is 2.16 bits per heavy atom. The quantitative estimate of drug-likeness (QED) is 0.442. The molecule has 0 spiro atoms. The van der Waals surface area contributed by atoms with Crippen LogP contribution < -0.4 is 5.32 Å². The molecule has 0 aliphatic carbocycles. The van der Waals surface area contributed by atoms with E-state index in [0.717, 1.165) is 18.5 Å². The summed E-state index contributed by atoms with van der Waals surface area (Å²) in [5, 5.41) is 12.7. The van der Waals surface area contributed by atoms with Crippen molar-refractivity contribution in [2.75, 3.05) is 6.54 Å². The molecule has 0 saturated carbocycles. The van der Waals surface area contributed by atoms with Crippen molar-refractivity contribution in [3.63, 3.8) is 0 Å². The minimum Gasteiger partial charge on any atom is -0.312 e. The molecule has 1 aliphatic heterocycles. The summed E-state index contributed by atoms with van der Waals surface area (Å²) < 4.78 is 0. The van der Waals surface area contributed by atoms with Crippen molar-refractivity contribution in [2.45, 2.75) is 19.9 Å². The number of carbonyl (C=O) groups is 2. The van der Waals surface area contributed by atoms with Gasteiger partial charge in [0.1, 0.15) is 0 Å². The van der Waals surface area contributed by atoms with Gasteiger partial charge in [0.05, 0.1) is 0 Å². The van der Waals surface area contributed by atoms with Crippen LogP contribution in [0.5, 0.6) is 0 Å². The van der Waals surface area contributed by atoms with E-state index in [2.05, 4.69) is 17.2 Å². The number of hydrogen-bond donors (Lipinski definition) is 2. The summed E-state index contributed by atoms with van der Waals surface area (Å²) in [5.74, 6) is 2.76. The van der Waals surface area contributed by atoms with Gasteiger partial charge in [0.2, 0.25) is 0 Å². The second-order valence-corrected chi connectivity index (χ2v) is 4.21. The smallest absolute Gasteiger partial charge is 0.312 e. The van der Waals surface area contributed by atoms with E-state index in [-0.39, 0.29) is 10.6 Å².